The highest BCUT2D eigenvalue weighted by molar-refractivity contribution is 7.99. The predicted octanol–water partition coefficient (Wildman–Crippen LogP) is 4.50. The van der Waals surface area contributed by atoms with Crippen molar-refractivity contribution in [3.63, 3.8) is 0 Å². The molecule has 0 fully saturated rings. The Morgan fingerprint density at radius 3 is 2.74 bits per heavy atom. The summed E-state index contributed by atoms with van der Waals surface area (Å²) >= 11 is 8.86. The number of carbonyl (C=O) groups excluding carboxylic acids is 1. The van der Waals surface area contributed by atoms with Crippen LogP contribution in [-0.4, -0.2) is 31.2 Å². The van der Waals surface area contributed by atoms with E-state index in [-0.39, 0.29) is 11.7 Å². The average molecular weight is 416 g/mol. The van der Waals surface area contributed by atoms with E-state index < -0.39 is 0 Å². The van der Waals surface area contributed by atoms with Crippen LogP contribution in [0.3, 0.4) is 0 Å². The van der Waals surface area contributed by atoms with E-state index in [0.29, 0.717) is 15.9 Å². The van der Waals surface area contributed by atoms with Crippen LogP contribution in [0.4, 0.5) is 5.69 Å². The van der Waals surface area contributed by atoms with Crippen molar-refractivity contribution < 1.29 is 4.79 Å². The number of amides is 1. The maximum Gasteiger partial charge on any atom is 0.234 e. The molecule has 136 valence electrons. The lowest BCUT2D eigenvalue weighted by atomic mass is 10.3. The van der Waals surface area contributed by atoms with Gasteiger partial charge in [0.2, 0.25) is 11.1 Å². The van der Waals surface area contributed by atoms with E-state index in [1.807, 2.05) is 51.4 Å². The molecular formula is C18H14ClN5OS2. The smallest absolute Gasteiger partial charge is 0.234 e. The minimum Gasteiger partial charge on any atom is -0.325 e. The van der Waals surface area contributed by atoms with Crippen molar-refractivity contribution in [3.8, 4) is 10.7 Å². The molecule has 0 spiro atoms. The number of benzene rings is 1. The van der Waals surface area contributed by atoms with Crippen LogP contribution in [0.5, 0.6) is 0 Å². The lowest BCUT2D eigenvalue weighted by Crippen LogP contribution is -2.15. The van der Waals surface area contributed by atoms with E-state index in [0.717, 1.165) is 10.7 Å². The molecule has 0 atom stereocenters. The number of thiophene rings is 1. The lowest BCUT2D eigenvalue weighted by molar-refractivity contribution is -0.113. The van der Waals surface area contributed by atoms with Crippen molar-refractivity contribution in [3.05, 3.63) is 71.3 Å². The molecule has 3 heterocycles. The highest BCUT2D eigenvalue weighted by atomic mass is 35.5. The van der Waals surface area contributed by atoms with E-state index in [4.69, 9.17) is 11.6 Å². The Labute approximate surface area is 168 Å². The van der Waals surface area contributed by atoms with Gasteiger partial charge in [-0.15, -0.1) is 21.5 Å². The number of aromatic nitrogens is 4. The van der Waals surface area contributed by atoms with Crippen LogP contribution in [0.1, 0.15) is 0 Å². The van der Waals surface area contributed by atoms with Crippen molar-refractivity contribution in [2.45, 2.75) is 5.16 Å². The van der Waals surface area contributed by atoms with Crippen molar-refractivity contribution in [2.75, 3.05) is 11.1 Å². The van der Waals surface area contributed by atoms with Gasteiger partial charge in [-0.05, 0) is 41.8 Å². The molecule has 9 heteroatoms. The minimum atomic E-state index is -0.137. The number of carbonyl (C=O) groups is 1. The van der Waals surface area contributed by atoms with Gasteiger partial charge in [0.25, 0.3) is 0 Å². The van der Waals surface area contributed by atoms with E-state index in [1.54, 1.807) is 35.6 Å². The maximum absolute atomic E-state index is 12.3. The number of hydrogen-bond acceptors (Lipinski definition) is 5. The van der Waals surface area contributed by atoms with Crippen molar-refractivity contribution >= 4 is 46.3 Å². The lowest BCUT2D eigenvalue weighted by Gasteiger charge is -2.10. The normalized spacial score (nSPS) is 10.9. The number of nitrogens with zero attached hydrogens (tertiary/aromatic N) is 4. The Kier molecular flexibility index (Phi) is 5.28. The maximum atomic E-state index is 12.3. The van der Waals surface area contributed by atoms with Gasteiger partial charge in [-0.25, -0.2) is 4.68 Å². The van der Waals surface area contributed by atoms with Crippen LogP contribution in [0, 0.1) is 0 Å². The first-order valence-electron chi connectivity index (χ1n) is 8.02. The highest BCUT2D eigenvalue weighted by Gasteiger charge is 2.17. The standard InChI is InChI=1S/C18H14ClN5OS2/c19-13-5-3-6-14(11-13)20-16(25)12-27-18-22-21-17(15-7-4-10-26-15)24(18)23-8-1-2-9-23/h1-11H,12H2,(H,20,25). The summed E-state index contributed by atoms with van der Waals surface area (Å²) in [6, 6.07) is 14.9. The predicted molar refractivity (Wildman–Crippen MR) is 109 cm³/mol. The molecule has 3 aromatic heterocycles. The monoisotopic (exact) mass is 415 g/mol. The van der Waals surface area contributed by atoms with E-state index >= 15 is 0 Å². The van der Waals surface area contributed by atoms with E-state index in [1.165, 1.54) is 11.8 Å². The molecule has 0 unspecified atom stereocenters. The molecule has 0 saturated carbocycles. The number of thioether (sulfide) groups is 1. The summed E-state index contributed by atoms with van der Waals surface area (Å²) in [5, 5.41) is 14.6. The SMILES string of the molecule is O=C(CSc1nnc(-c2cccs2)n1-n1cccc1)Nc1cccc(Cl)c1. The molecule has 4 aromatic rings. The second kappa shape index (κ2) is 7.99. The van der Waals surface area contributed by atoms with Gasteiger partial charge < -0.3 is 5.32 Å². The fraction of sp³-hybridized carbons (Fsp3) is 0.0556. The third-order valence-electron chi connectivity index (χ3n) is 3.61. The van der Waals surface area contributed by atoms with Crippen molar-refractivity contribution in [1.29, 1.82) is 0 Å². The van der Waals surface area contributed by atoms with E-state index in [9.17, 15) is 4.79 Å². The van der Waals surface area contributed by atoms with Crippen LogP contribution in [-0.2, 0) is 4.79 Å². The zero-order chi connectivity index (χ0) is 18.6. The summed E-state index contributed by atoms with van der Waals surface area (Å²) in [5.74, 6) is 0.803. The van der Waals surface area contributed by atoms with Gasteiger partial charge >= 0.3 is 0 Å². The fourth-order valence-corrected chi connectivity index (χ4v) is 4.09. The molecule has 0 bridgehead atoms. The van der Waals surface area contributed by atoms with Crippen LogP contribution in [0.25, 0.3) is 10.7 Å². The molecule has 4 rings (SSSR count). The highest BCUT2D eigenvalue weighted by Crippen LogP contribution is 2.27. The Balaban J connectivity index is 1.53. The molecule has 1 aromatic carbocycles. The Morgan fingerprint density at radius 2 is 2.00 bits per heavy atom. The number of anilines is 1. The summed E-state index contributed by atoms with van der Waals surface area (Å²) in [7, 11) is 0. The Morgan fingerprint density at radius 1 is 1.15 bits per heavy atom. The molecule has 0 saturated heterocycles. The van der Waals surface area contributed by atoms with Gasteiger partial charge in [0.1, 0.15) is 0 Å². The number of rotatable bonds is 6. The quantitative estimate of drug-likeness (QED) is 0.471. The number of halogens is 1. The zero-order valence-electron chi connectivity index (χ0n) is 13.9. The number of hydrogen-bond donors (Lipinski definition) is 1. The summed E-state index contributed by atoms with van der Waals surface area (Å²) < 4.78 is 3.79. The summed E-state index contributed by atoms with van der Waals surface area (Å²) in [6.07, 6.45) is 3.83. The zero-order valence-corrected chi connectivity index (χ0v) is 16.3. The van der Waals surface area contributed by atoms with Gasteiger partial charge in [-0.3, -0.25) is 9.47 Å². The topological polar surface area (TPSA) is 64.7 Å². The average Bonchev–Trinajstić information content (AvgIpc) is 3.39. The van der Waals surface area contributed by atoms with Crippen molar-refractivity contribution in [2.24, 2.45) is 0 Å². The van der Waals surface area contributed by atoms with Gasteiger partial charge in [-0.2, -0.15) is 0 Å². The molecule has 0 aliphatic heterocycles. The van der Waals surface area contributed by atoms with Crippen LogP contribution < -0.4 is 5.32 Å². The van der Waals surface area contributed by atoms with Gasteiger partial charge in [0.15, 0.2) is 5.82 Å². The molecule has 6 nitrogen and oxygen atoms in total. The largest absolute Gasteiger partial charge is 0.325 e. The van der Waals surface area contributed by atoms with Crippen LogP contribution in [0.15, 0.2) is 71.5 Å². The summed E-state index contributed by atoms with van der Waals surface area (Å²) in [6.45, 7) is 0. The molecule has 0 radical (unpaired) electrons. The van der Waals surface area contributed by atoms with Crippen molar-refractivity contribution in [1.82, 2.24) is 19.5 Å². The Hall–Kier alpha value is -2.55. The molecule has 27 heavy (non-hydrogen) atoms. The summed E-state index contributed by atoms with van der Waals surface area (Å²) in [4.78, 5) is 13.3. The second-order valence-electron chi connectivity index (χ2n) is 5.51. The minimum absolute atomic E-state index is 0.137. The van der Waals surface area contributed by atoms with Crippen LogP contribution >= 0.6 is 34.7 Å². The van der Waals surface area contributed by atoms with E-state index in [2.05, 4.69) is 15.5 Å². The first-order chi connectivity index (χ1) is 13.2. The summed E-state index contributed by atoms with van der Waals surface area (Å²) in [5.41, 5.74) is 0.666. The second-order valence-corrected chi connectivity index (χ2v) is 7.83. The molecule has 1 N–H and O–H groups in total. The Bertz CT molecular complexity index is 1040. The third kappa shape index (κ3) is 4.08. The van der Waals surface area contributed by atoms with Gasteiger partial charge in [-0.1, -0.05) is 35.5 Å². The molecule has 0 aliphatic rings. The van der Waals surface area contributed by atoms with Gasteiger partial charge in [0.05, 0.1) is 10.6 Å². The first kappa shape index (κ1) is 17.8. The third-order valence-corrected chi connectivity index (χ3v) is 5.63. The molecule has 0 aliphatic carbocycles. The van der Waals surface area contributed by atoms with Gasteiger partial charge in [0, 0.05) is 23.1 Å². The number of nitrogens with one attached hydrogen (secondary N) is 1. The fourth-order valence-electron chi connectivity index (χ4n) is 2.48. The van der Waals surface area contributed by atoms with Crippen LogP contribution in [0.2, 0.25) is 5.02 Å². The molecular weight excluding hydrogens is 402 g/mol. The molecule has 1 amide bonds. The first-order valence-corrected chi connectivity index (χ1v) is 10.3.